The number of aliphatic hydroxyl groups excluding tert-OH is 1. The molecule has 1 heterocycles. The first-order chi connectivity index (χ1) is 9.74. The largest absolute Gasteiger partial charge is 0.396 e. The van der Waals surface area contributed by atoms with Crippen molar-refractivity contribution >= 4 is 10.0 Å². The number of aryl methyl sites for hydroxylation is 2. The first-order valence-corrected chi connectivity index (χ1v) is 8.90. The summed E-state index contributed by atoms with van der Waals surface area (Å²) < 4.78 is 29.7. The molecule has 1 atom stereocenters. The zero-order valence-electron chi connectivity index (χ0n) is 13.5. The van der Waals surface area contributed by atoms with E-state index in [0.717, 1.165) is 6.42 Å². The average molecular weight is 317 g/mol. The summed E-state index contributed by atoms with van der Waals surface area (Å²) in [5.41, 5.74) is 1.11. The predicted molar refractivity (Wildman–Crippen MR) is 82.6 cm³/mol. The Hall–Kier alpha value is -0.920. The maximum Gasteiger partial charge on any atom is 0.244 e. The zero-order chi connectivity index (χ0) is 16.2. The van der Waals surface area contributed by atoms with Gasteiger partial charge in [-0.15, -0.1) is 0 Å². The van der Waals surface area contributed by atoms with Gasteiger partial charge in [-0.25, -0.2) is 13.1 Å². The maximum absolute atomic E-state index is 12.6. The van der Waals surface area contributed by atoms with Crippen molar-refractivity contribution in [2.24, 2.45) is 5.92 Å². The number of nitrogens with zero attached hydrogens (tertiary/aromatic N) is 2. The van der Waals surface area contributed by atoms with E-state index in [1.54, 1.807) is 18.5 Å². The summed E-state index contributed by atoms with van der Waals surface area (Å²) in [6, 6.07) is -0.0883. The molecule has 0 amide bonds. The van der Waals surface area contributed by atoms with Crippen LogP contribution in [-0.2, 0) is 16.6 Å². The van der Waals surface area contributed by atoms with E-state index in [4.69, 9.17) is 5.11 Å². The van der Waals surface area contributed by atoms with E-state index in [-0.39, 0.29) is 23.5 Å². The van der Waals surface area contributed by atoms with Crippen LogP contribution in [0.25, 0.3) is 0 Å². The zero-order valence-corrected chi connectivity index (χ0v) is 14.4. The normalized spacial score (nSPS) is 13.9. The van der Waals surface area contributed by atoms with Crippen LogP contribution in [0.5, 0.6) is 0 Å². The molecule has 0 spiro atoms. The van der Waals surface area contributed by atoms with Crippen molar-refractivity contribution < 1.29 is 13.5 Å². The molecule has 0 aliphatic carbocycles. The van der Waals surface area contributed by atoms with Crippen molar-refractivity contribution in [2.45, 2.75) is 64.9 Å². The molecule has 21 heavy (non-hydrogen) atoms. The van der Waals surface area contributed by atoms with Crippen molar-refractivity contribution in [3.8, 4) is 0 Å². The number of sulfonamides is 1. The van der Waals surface area contributed by atoms with Gasteiger partial charge in [0.05, 0.1) is 11.4 Å². The molecule has 0 saturated heterocycles. The SMILES string of the molecule is CCC(NS(=O)(=O)c1c(C)nn(CCCO)c1C)C(C)C. The number of hydrogen-bond donors (Lipinski definition) is 2. The molecule has 0 radical (unpaired) electrons. The first kappa shape index (κ1) is 18.1. The number of aliphatic hydroxyl groups is 1. The molecule has 6 nitrogen and oxygen atoms in total. The van der Waals surface area contributed by atoms with Gasteiger partial charge in [0, 0.05) is 19.2 Å². The van der Waals surface area contributed by atoms with Crippen molar-refractivity contribution in [2.75, 3.05) is 6.61 Å². The topological polar surface area (TPSA) is 84.2 Å². The van der Waals surface area contributed by atoms with Crippen molar-refractivity contribution in [1.82, 2.24) is 14.5 Å². The Balaban J connectivity index is 3.11. The lowest BCUT2D eigenvalue weighted by Gasteiger charge is -2.20. The molecule has 0 aliphatic heterocycles. The molecule has 2 N–H and O–H groups in total. The first-order valence-electron chi connectivity index (χ1n) is 7.41. The lowest BCUT2D eigenvalue weighted by atomic mass is 10.0. The summed E-state index contributed by atoms with van der Waals surface area (Å²) in [5.74, 6) is 0.231. The van der Waals surface area contributed by atoms with Crippen LogP contribution in [0.15, 0.2) is 4.90 Å². The fourth-order valence-corrected chi connectivity index (χ4v) is 4.34. The summed E-state index contributed by atoms with van der Waals surface area (Å²) >= 11 is 0. The standard InChI is InChI=1S/C14H27N3O3S/c1-6-13(10(2)3)16-21(19,20)14-11(4)15-17(12(14)5)8-7-9-18/h10,13,16,18H,6-9H2,1-5H3. The van der Waals surface area contributed by atoms with Gasteiger partial charge in [-0.3, -0.25) is 4.68 Å². The molecule has 122 valence electrons. The predicted octanol–water partition coefficient (Wildman–Crippen LogP) is 1.60. The number of nitrogens with one attached hydrogen (secondary N) is 1. The fourth-order valence-electron chi connectivity index (χ4n) is 2.46. The highest BCUT2D eigenvalue weighted by Gasteiger charge is 2.27. The van der Waals surface area contributed by atoms with Gasteiger partial charge in [-0.1, -0.05) is 20.8 Å². The minimum Gasteiger partial charge on any atom is -0.396 e. The smallest absolute Gasteiger partial charge is 0.244 e. The summed E-state index contributed by atoms with van der Waals surface area (Å²) in [6.07, 6.45) is 1.30. The fraction of sp³-hybridized carbons (Fsp3) is 0.786. The van der Waals surface area contributed by atoms with E-state index < -0.39 is 10.0 Å². The van der Waals surface area contributed by atoms with E-state index in [1.165, 1.54) is 0 Å². The van der Waals surface area contributed by atoms with Crippen molar-refractivity contribution in [1.29, 1.82) is 0 Å². The van der Waals surface area contributed by atoms with E-state index in [9.17, 15) is 8.42 Å². The Morgan fingerprint density at radius 2 is 1.95 bits per heavy atom. The monoisotopic (exact) mass is 317 g/mol. The molecule has 0 aliphatic rings. The Kier molecular flexibility index (Phi) is 6.37. The van der Waals surface area contributed by atoms with Gasteiger partial charge < -0.3 is 5.11 Å². The molecule has 1 unspecified atom stereocenters. The van der Waals surface area contributed by atoms with Crippen LogP contribution < -0.4 is 4.72 Å². The van der Waals surface area contributed by atoms with Gasteiger partial charge in [0.25, 0.3) is 0 Å². The molecule has 0 fully saturated rings. The Bertz CT molecular complexity index is 564. The van der Waals surface area contributed by atoms with Gasteiger partial charge in [-0.2, -0.15) is 5.10 Å². The highest BCUT2D eigenvalue weighted by Crippen LogP contribution is 2.21. The van der Waals surface area contributed by atoms with Crippen LogP contribution in [0, 0.1) is 19.8 Å². The average Bonchev–Trinajstić information content (AvgIpc) is 2.68. The lowest BCUT2D eigenvalue weighted by Crippen LogP contribution is -2.38. The number of hydrogen-bond acceptors (Lipinski definition) is 4. The van der Waals surface area contributed by atoms with E-state index in [1.807, 2.05) is 20.8 Å². The quantitative estimate of drug-likeness (QED) is 0.762. The highest BCUT2D eigenvalue weighted by molar-refractivity contribution is 7.89. The molecule has 0 saturated carbocycles. The molecule has 1 rings (SSSR count). The summed E-state index contributed by atoms with van der Waals surface area (Å²) in [5, 5.41) is 13.2. The minimum atomic E-state index is -3.58. The third-order valence-electron chi connectivity index (χ3n) is 3.66. The summed E-state index contributed by atoms with van der Waals surface area (Å²) in [4.78, 5) is 0.263. The number of rotatable bonds is 8. The maximum atomic E-state index is 12.6. The molecular formula is C14H27N3O3S. The molecule has 7 heteroatoms. The second kappa shape index (κ2) is 7.38. The van der Waals surface area contributed by atoms with Gasteiger partial charge in [0.2, 0.25) is 10.0 Å². The Labute approximate surface area is 127 Å². The second-order valence-corrected chi connectivity index (χ2v) is 7.33. The molecular weight excluding hydrogens is 290 g/mol. The Morgan fingerprint density at radius 1 is 1.33 bits per heavy atom. The summed E-state index contributed by atoms with van der Waals surface area (Å²) in [6.45, 7) is 10.00. The molecule has 0 bridgehead atoms. The van der Waals surface area contributed by atoms with Crippen LogP contribution in [0.3, 0.4) is 0 Å². The second-order valence-electron chi connectivity index (χ2n) is 5.68. The lowest BCUT2D eigenvalue weighted by molar-refractivity contribution is 0.276. The van der Waals surface area contributed by atoms with Crippen LogP contribution in [0.1, 0.15) is 45.0 Å². The third-order valence-corrected chi connectivity index (χ3v) is 5.40. The van der Waals surface area contributed by atoms with E-state index in [2.05, 4.69) is 9.82 Å². The van der Waals surface area contributed by atoms with Crippen molar-refractivity contribution in [3.05, 3.63) is 11.4 Å². The van der Waals surface area contributed by atoms with Gasteiger partial charge in [0.1, 0.15) is 4.90 Å². The number of aromatic nitrogens is 2. The van der Waals surface area contributed by atoms with Crippen molar-refractivity contribution in [3.63, 3.8) is 0 Å². The third kappa shape index (κ3) is 4.28. The van der Waals surface area contributed by atoms with Gasteiger partial charge in [-0.05, 0) is 32.6 Å². The Morgan fingerprint density at radius 3 is 2.43 bits per heavy atom. The van der Waals surface area contributed by atoms with Crippen LogP contribution in [-0.4, -0.2) is 36.0 Å². The van der Waals surface area contributed by atoms with Crippen LogP contribution in [0.4, 0.5) is 0 Å². The van der Waals surface area contributed by atoms with Crippen LogP contribution in [0.2, 0.25) is 0 Å². The molecule has 1 aromatic heterocycles. The highest BCUT2D eigenvalue weighted by atomic mass is 32.2. The molecule has 1 aromatic rings. The summed E-state index contributed by atoms with van der Waals surface area (Å²) in [7, 11) is -3.58. The van der Waals surface area contributed by atoms with Gasteiger partial charge >= 0.3 is 0 Å². The van der Waals surface area contributed by atoms with E-state index in [0.29, 0.717) is 24.4 Å². The van der Waals surface area contributed by atoms with Gasteiger partial charge in [0.15, 0.2) is 0 Å². The van der Waals surface area contributed by atoms with Crippen LogP contribution >= 0.6 is 0 Å². The minimum absolute atomic E-state index is 0.0595. The van der Waals surface area contributed by atoms with E-state index >= 15 is 0 Å². The molecule has 0 aromatic carbocycles.